The summed E-state index contributed by atoms with van der Waals surface area (Å²) in [4.78, 5) is 9.49. The fourth-order valence-corrected chi connectivity index (χ4v) is 4.08. The molecule has 6 N–H and O–H groups in total. The van der Waals surface area contributed by atoms with Gasteiger partial charge in [-0.05, 0) is 44.6 Å². The van der Waals surface area contributed by atoms with Crippen molar-refractivity contribution in [3.05, 3.63) is 12.2 Å². The van der Waals surface area contributed by atoms with Crippen LogP contribution in [-0.4, -0.2) is 37.8 Å². The minimum absolute atomic E-state index is 0.0648. The molecule has 7 nitrogen and oxygen atoms in total. The second-order valence-electron chi connectivity index (χ2n) is 10.4. The number of carbonyl (C=O) groups is 1. The molecule has 0 saturated heterocycles. The Balaban J connectivity index is -0.000000221. The summed E-state index contributed by atoms with van der Waals surface area (Å²) in [7, 11) is -3.92. The van der Waals surface area contributed by atoms with E-state index in [0.717, 1.165) is 13.1 Å². The Labute approximate surface area is 243 Å². The van der Waals surface area contributed by atoms with Gasteiger partial charge in [0, 0.05) is 5.75 Å². The zero-order valence-corrected chi connectivity index (χ0v) is 27.4. The van der Waals surface area contributed by atoms with Gasteiger partial charge in [-0.3, -0.25) is 0 Å². The van der Waals surface area contributed by atoms with Gasteiger partial charge in [-0.2, -0.15) is 0 Å². The van der Waals surface area contributed by atoms with Crippen molar-refractivity contribution in [2.45, 2.75) is 163 Å². The SMILES string of the molecule is C=C(C)C(=O)[O-].CCCCCCCCCCCC[NH3+].CCCCCCCCCCCC[NH3+].CCCS(=O)(=O)[O-]. The Morgan fingerprint density at radius 1 is 0.590 bits per heavy atom. The molecule has 0 aromatic carbocycles. The van der Waals surface area contributed by atoms with Gasteiger partial charge in [0.1, 0.15) is 0 Å². The van der Waals surface area contributed by atoms with Gasteiger partial charge in [0.05, 0.1) is 29.2 Å². The molecule has 8 heteroatoms. The van der Waals surface area contributed by atoms with Crippen LogP contribution in [0.1, 0.15) is 163 Å². The van der Waals surface area contributed by atoms with Gasteiger partial charge < -0.3 is 25.9 Å². The number of carboxylic acid groups (broad SMARTS) is 1. The zero-order valence-electron chi connectivity index (χ0n) is 26.5. The number of quaternary nitrogens is 2. The van der Waals surface area contributed by atoms with E-state index in [-0.39, 0.29) is 11.3 Å². The first-order valence-electron chi connectivity index (χ1n) is 15.9. The molecule has 0 bridgehead atoms. The fourth-order valence-electron chi connectivity index (χ4n) is 3.58. The van der Waals surface area contributed by atoms with Crippen molar-refractivity contribution in [2.75, 3.05) is 18.8 Å². The molecule has 0 aliphatic carbocycles. The summed E-state index contributed by atoms with van der Waals surface area (Å²) < 4.78 is 29.0. The van der Waals surface area contributed by atoms with Crippen molar-refractivity contribution in [3.63, 3.8) is 0 Å². The quantitative estimate of drug-likeness (QED) is 0.0921. The molecule has 0 heterocycles. The molecule has 0 fully saturated rings. The van der Waals surface area contributed by atoms with Gasteiger partial charge >= 0.3 is 0 Å². The van der Waals surface area contributed by atoms with E-state index in [1.165, 1.54) is 135 Å². The van der Waals surface area contributed by atoms with E-state index in [2.05, 4.69) is 31.9 Å². The Morgan fingerprint density at radius 3 is 0.949 bits per heavy atom. The summed E-state index contributed by atoms with van der Waals surface area (Å²) in [5.74, 6) is -1.43. The van der Waals surface area contributed by atoms with Gasteiger partial charge in [0.25, 0.3) is 0 Å². The average Bonchev–Trinajstić information content (AvgIpc) is 2.87. The third kappa shape index (κ3) is 62.2. The summed E-state index contributed by atoms with van der Waals surface area (Å²) in [5.41, 5.74) is 7.77. The molecule has 0 saturated carbocycles. The average molecular weight is 581 g/mol. The lowest BCUT2D eigenvalue weighted by atomic mass is 10.1. The van der Waals surface area contributed by atoms with Crippen molar-refractivity contribution in [1.82, 2.24) is 0 Å². The molecule has 0 unspecified atom stereocenters. The first-order valence-corrected chi connectivity index (χ1v) is 17.5. The van der Waals surface area contributed by atoms with Crippen molar-refractivity contribution in [2.24, 2.45) is 0 Å². The van der Waals surface area contributed by atoms with Gasteiger partial charge in [0.15, 0.2) is 0 Å². The van der Waals surface area contributed by atoms with Crippen LogP contribution in [0.5, 0.6) is 0 Å². The molecular formula is C31H68N2O5S. The van der Waals surface area contributed by atoms with Crippen LogP contribution in [-0.2, 0) is 14.9 Å². The van der Waals surface area contributed by atoms with Crippen LogP contribution in [0.4, 0.5) is 0 Å². The lowest BCUT2D eigenvalue weighted by Gasteiger charge is -2.00. The standard InChI is InChI=1S/2C12H27N.C4H6O2.C3H8O3S/c2*1-2-3-4-5-6-7-8-9-10-11-12-13;1-3(2)4(5)6;1-2-3-7(4,5)6/h2*2-13H2,1H3;1H2,2H3,(H,5,6);2-3H2,1H3,(H,4,5,6). The second-order valence-corrected chi connectivity index (χ2v) is 11.9. The third-order valence-corrected chi connectivity index (χ3v) is 6.92. The number of unbranched alkanes of at least 4 members (excludes halogenated alkanes) is 18. The van der Waals surface area contributed by atoms with E-state index in [1.54, 1.807) is 6.92 Å². The zero-order chi connectivity index (χ0) is 30.6. The summed E-state index contributed by atoms with van der Waals surface area (Å²) in [6, 6.07) is 0. The topological polar surface area (TPSA) is 153 Å². The van der Waals surface area contributed by atoms with Gasteiger partial charge in [0.2, 0.25) is 0 Å². The first-order chi connectivity index (χ1) is 18.5. The van der Waals surface area contributed by atoms with E-state index in [0.29, 0.717) is 6.42 Å². The lowest BCUT2D eigenvalue weighted by Crippen LogP contribution is -2.50. The Morgan fingerprint density at radius 2 is 0.821 bits per heavy atom. The van der Waals surface area contributed by atoms with Crippen molar-refractivity contribution in [3.8, 4) is 0 Å². The van der Waals surface area contributed by atoms with Crippen LogP contribution in [0, 0.1) is 0 Å². The number of aliphatic carboxylic acids is 1. The predicted octanol–water partition coefficient (Wildman–Crippen LogP) is 5.55. The normalized spacial score (nSPS) is 10.3. The maximum atomic E-state index is 9.68. The van der Waals surface area contributed by atoms with Gasteiger partial charge in [-0.15, -0.1) is 0 Å². The molecule has 0 aliphatic rings. The summed E-state index contributed by atoms with van der Waals surface area (Å²) >= 11 is 0. The van der Waals surface area contributed by atoms with Crippen LogP contribution < -0.4 is 16.6 Å². The Kier molecular flexibility index (Phi) is 45.3. The van der Waals surface area contributed by atoms with Crippen LogP contribution in [0.15, 0.2) is 12.2 Å². The van der Waals surface area contributed by atoms with E-state index in [4.69, 9.17) is 0 Å². The minimum atomic E-state index is -3.92. The molecular weight excluding hydrogens is 512 g/mol. The van der Waals surface area contributed by atoms with Crippen LogP contribution >= 0.6 is 0 Å². The highest BCUT2D eigenvalue weighted by molar-refractivity contribution is 7.85. The molecule has 0 rings (SSSR count). The molecule has 0 aliphatic heterocycles. The molecule has 0 aromatic heterocycles. The van der Waals surface area contributed by atoms with Gasteiger partial charge in [-0.25, -0.2) is 8.42 Å². The van der Waals surface area contributed by atoms with E-state index >= 15 is 0 Å². The molecule has 0 atom stereocenters. The first kappa shape index (κ1) is 45.0. The fraction of sp³-hybridized carbons (Fsp3) is 0.903. The highest BCUT2D eigenvalue weighted by atomic mass is 32.2. The molecule has 0 amide bonds. The molecule has 39 heavy (non-hydrogen) atoms. The number of hydrogen-bond acceptors (Lipinski definition) is 5. The number of carboxylic acids is 1. The van der Waals surface area contributed by atoms with E-state index in [1.807, 2.05) is 0 Å². The van der Waals surface area contributed by atoms with Gasteiger partial charge in [-0.1, -0.05) is 130 Å². The number of carbonyl (C=O) groups excluding carboxylic acids is 1. The molecule has 0 spiro atoms. The van der Waals surface area contributed by atoms with Crippen LogP contribution in [0.2, 0.25) is 0 Å². The number of hydrogen-bond donors (Lipinski definition) is 2. The number of rotatable bonds is 23. The summed E-state index contributed by atoms with van der Waals surface area (Å²) in [5, 5.41) is 9.49. The van der Waals surface area contributed by atoms with Crippen LogP contribution in [0.25, 0.3) is 0 Å². The predicted molar refractivity (Wildman–Crippen MR) is 164 cm³/mol. The second kappa shape index (κ2) is 39.2. The Hall–Kier alpha value is -0.960. The summed E-state index contributed by atoms with van der Waals surface area (Å²) in [6.45, 7) is 12.9. The van der Waals surface area contributed by atoms with E-state index < -0.39 is 16.1 Å². The molecule has 0 aromatic rings. The van der Waals surface area contributed by atoms with Crippen molar-refractivity contribution < 1.29 is 34.3 Å². The highest BCUT2D eigenvalue weighted by Crippen LogP contribution is 2.10. The highest BCUT2D eigenvalue weighted by Gasteiger charge is 1.92. The van der Waals surface area contributed by atoms with Crippen molar-refractivity contribution in [1.29, 1.82) is 0 Å². The monoisotopic (exact) mass is 580 g/mol. The van der Waals surface area contributed by atoms with Crippen molar-refractivity contribution >= 4 is 16.1 Å². The molecule has 238 valence electrons. The summed E-state index contributed by atoms with van der Waals surface area (Å²) in [6.07, 6.45) is 28.9. The lowest BCUT2D eigenvalue weighted by molar-refractivity contribution is -0.368. The maximum Gasteiger partial charge on any atom is 0.0945 e. The van der Waals surface area contributed by atoms with E-state index in [9.17, 15) is 22.9 Å². The Bertz CT molecular complexity index is 530. The van der Waals surface area contributed by atoms with Crippen LogP contribution in [0.3, 0.4) is 0 Å². The third-order valence-electron chi connectivity index (χ3n) is 6.01. The largest absolute Gasteiger partial charge is 0.748 e. The smallest absolute Gasteiger partial charge is 0.0945 e. The minimum Gasteiger partial charge on any atom is -0.748 e. The maximum absolute atomic E-state index is 9.68. The molecule has 0 radical (unpaired) electrons.